The summed E-state index contributed by atoms with van der Waals surface area (Å²) in [7, 11) is 0. The lowest BCUT2D eigenvalue weighted by molar-refractivity contribution is 0.307. The first-order valence-electron chi connectivity index (χ1n) is 7.19. The van der Waals surface area contributed by atoms with Crippen LogP contribution in [0.25, 0.3) is 16.6 Å². The van der Waals surface area contributed by atoms with Crippen LogP contribution in [0.15, 0.2) is 67.1 Å². The maximum atomic E-state index is 5.87. The summed E-state index contributed by atoms with van der Waals surface area (Å²) in [4.78, 5) is 4.44. The molecule has 6 nitrogen and oxygen atoms in total. The number of pyridine rings is 1. The van der Waals surface area contributed by atoms with Gasteiger partial charge in [0.25, 0.3) is 0 Å². The number of benzene rings is 2. The van der Waals surface area contributed by atoms with Crippen LogP contribution in [0.5, 0.6) is 5.75 Å². The zero-order valence-electron chi connectivity index (χ0n) is 12.2. The molecular formula is C17H13N5O. The summed E-state index contributed by atoms with van der Waals surface area (Å²) in [6.07, 6.45) is 3.35. The Bertz CT molecular complexity index is 914. The summed E-state index contributed by atoms with van der Waals surface area (Å²) in [6.45, 7) is 0.471. The first-order chi connectivity index (χ1) is 11.4. The number of rotatable bonds is 4. The SMILES string of the molecule is c1cnc2c(COc3ccc(-n4cnnn4)cc3)cccc2c1. The summed E-state index contributed by atoms with van der Waals surface area (Å²) in [5.74, 6) is 0.787. The Balaban J connectivity index is 1.52. The predicted octanol–water partition coefficient (Wildman–Crippen LogP) is 2.79. The molecule has 112 valence electrons. The minimum Gasteiger partial charge on any atom is -0.489 e. The fourth-order valence-corrected chi connectivity index (χ4v) is 2.42. The molecule has 0 aliphatic carbocycles. The molecule has 0 N–H and O–H groups in total. The number of para-hydroxylation sites is 1. The first-order valence-corrected chi connectivity index (χ1v) is 7.19. The smallest absolute Gasteiger partial charge is 0.143 e. The van der Waals surface area contributed by atoms with Crippen molar-refractivity contribution in [2.24, 2.45) is 0 Å². The molecule has 4 aromatic rings. The van der Waals surface area contributed by atoms with Gasteiger partial charge in [-0.2, -0.15) is 0 Å². The van der Waals surface area contributed by atoms with E-state index >= 15 is 0 Å². The van der Waals surface area contributed by atoms with Gasteiger partial charge in [0.2, 0.25) is 0 Å². The molecule has 6 heteroatoms. The van der Waals surface area contributed by atoms with Crippen LogP contribution in [0, 0.1) is 0 Å². The van der Waals surface area contributed by atoms with Crippen molar-refractivity contribution in [3.63, 3.8) is 0 Å². The van der Waals surface area contributed by atoms with Crippen LogP contribution in [0.1, 0.15) is 5.56 Å². The van der Waals surface area contributed by atoms with E-state index in [0.717, 1.165) is 27.9 Å². The Labute approximate surface area is 132 Å². The van der Waals surface area contributed by atoms with Crippen molar-refractivity contribution in [1.29, 1.82) is 0 Å². The fraction of sp³-hybridized carbons (Fsp3) is 0.0588. The largest absolute Gasteiger partial charge is 0.489 e. The highest BCUT2D eigenvalue weighted by Gasteiger charge is 2.03. The molecule has 0 bridgehead atoms. The second-order valence-electron chi connectivity index (χ2n) is 5.03. The van der Waals surface area contributed by atoms with Crippen LogP contribution in [0.2, 0.25) is 0 Å². The van der Waals surface area contributed by atoms with Gasteiger partial charge >= 0.3 is 0 Å². The first kappa shape index (κ1) is 13.4. The monoisotopic (exact) mass is 303 g/mol. The van der Waals surface area contributed by atoms with Crippen LogP contribution in [-0.2, 0) is 6.61 Å². The van der Waals surface area contributed by atoms with Crippen LogP contribution >= 0.6 is 0 Å². The molecule has 0 fully saturated rings. The second-order valence-corrected chi connectivity index (χ2v) is 5.03. The second kappa shape index (κ2) is 5.84. The molecule has 0 spiro atoms. The molecule has 0 aliphatic rings. The van der Waals surface area contributed by atoms with Gasteiger partial charge in [-0.1, -0.05) is 24.3 Å². The molecule has 23 heavy (non-hydrogen) atoms. The number of aromatic nitrogens is 5. The Morgan fingerprint density at radius 1 is 0.957 bits per heavy atom. The molecule has 4 rings (SSSR count). The van der Waals surface area contributed by atoms with Gasteiger partial charge in [-0.3, -0.25) is 4.98 Å². The highest BCUT2D eigenvalue weighted by Crippen LogP contribution is 2.19. The summed E-state index contributed by atoms with van der Waals surface area (Å²) < 4.78 is 7.47. The van der Waals surface area contributed by atoms with E-state index < -0.39 is 0 Å². The average Bonchev–Trinajstić information content (AvgIpc) is 3.15. The summed E-state index contributed by atoms with van der Waals surface area (Å²) in [6, 6.07) is 17.7. The molecule has 0 aliphatic heterocycles. The van der Waals surface area contributed by atoms with E-state index in [9.17, 15) is 0 Å². The normalized spacial score (nSPS) is 10.8. The molecule has 0 amide bonds. The van der Waals surface area contributed by atoms with Crippen molar-refractivity contribution in [3.05, 3.63) is 72.7 Å². The van der Waals surface area contributed by atoms with E-state index in [2.05, 4.69) is 20.5 Å². The highest BCUT2D eigenvalue weighted by atomic mass is 16.5. The Kier molecular flexibility index (Phi) is 3.40. The zero-order chi connectivity index (χ0) is 15.5. The number of tetrazole rings is 1. The van der Waals surface area contributed by atoms with Crippen molar-refractivity contribution < 1.29 is 4.74 Å². The van der Waals surface area contributed by atoms with E-state index in [0.29, 0.717) is 6.61 Å². The Morgan fingerprint density at radius 3 is 2.65 bits per heavy atom. The zero-order valence-corrected chi connectivity index (χ0v) is 12.2. The van der Waals surface area contributed by atoms with Gasteiger partial charge in [-0.25, -0.2) is 4.68 Å². The quantitative estimate of drug-likeness (QED) is 0.580. The fourth-order valence-electron chi connectivity index (χ4n) is 2.42. The lowest BCUT2D eigenvalue weighted by atomic mass is 10.1. The standard InChI is InChI=1S/C17H13N5O/c1-3-13-5-2-10-18-17(13)14(4-1)11-23-16-8-6-15(7-9-16)22-12-19-20-21-22/h1-10,12H,11H2. The van der Waals surface area contributed by atoms with Gasteiger partial charge < -0.3 is 4.74 Å². The van der Waals surface area contributed by atoms with Gasteiger partial charge in [0.05, 0.1) is 11.2 Å². The molecule has 0 atom stereocenters. The molecule has 2 aromatic heterocycles. The van der Waals surface area contributed by atoms with Crippen molar-refractivity contribution in [1.82, 2.24) is 25.2 Å². The predicted molar refractivity (Wildman–Crippen MR) is 85.2 cm³/mol. The maximum absolute atomic E-state index is 5.87. The third-order valence-electron chi connectivity index (χ3n) is 3.56. The van der Waals surface area contributed by atoms with Crippen LogP contribution in [-0.4, -0.2) is 25.2 Å². The molecule has 0 saturated carbocycles. The number of hydrogen-bond acceptors (Lipinski definition) is 5. The van der Waals surface area contributed by atoms with Crippen LogP contribution in [0.3, 0.4) is 0 Å². The van der Waals surface area contributed by atoms with E-state index in [-0.39, 0.29) is 0 Å². The third kappa shape index (κ3) is 2.74. The number of nitrogens with zero attached hydrogens (tertiary/aromatic N) is 5. The summed E-state index contributed by atoms with van der Waals surface area (Å²) >= 11 is 0. The van der Waals surface area contributed by atoms with Crippen LogP contribution in [0.4, 0.5) is 0 Å². The summed E-state index contributed by atoms with van der Waals surface area (Å²) in [5, 5.41) is 12.2. The number of ether oxygens (including phenoxy) is 1. The summed E-state index contributed by atoms with van der Waals surface area (Å²) in [5.41, 5.74) is 2.92. The third-order valence-corrected chi connectivity index (χ3v) is 3.56. The lowest BCUT2D eigenvalue weighted by Gasteiger charge is -2.09. The Hall–Kier alpha value is -3.28. The van der Waals surface area contributed by atoms with Crippen LogP contribution < -0.4 is 4.74 Å². The van der Waals surface area contributed by atoms with Crippen molar-refractivity contribution in [2.75, 3.05) is 0 Å². The minimum atomic E-state index is 0.471. The van der Waals surface area contributed by atoms with E-state index in [1.54, 1.807) is 17.2 Å². The van der Waals surface area contributed by atoms with E-state index in [1.165, 1.54) is 0 Å². The van der Waals surface area contributed by atoms with Gasteiger partial charge in [0.15, 0.2) is 0 Å². The lowest BCUT2D eigenvalue weighted by Crippen LogP contribution is -1.98. The Morgan fingerprint density at radius 2 is 1.83 bits per heavy atom. The van der Waals surface area contributed by atoms with Gasteiger partial charge in [-0.15, -0.1) is 5.10 Å². The molecule has 0 unspecified atom stereocenters. The minimum absolute atomic E-state index is 0.471. The molecule has 2 heterocycles. The number of hydrogen-bond donors (Lipinski definition) is 0. The van der Waals surface area contributed by atoms with Gasteiger partial charge in [-0.05, 0) is 40.8 Å². The number of fused-ring (bicyclic) bond motifs is 1. The molecule has 0 saturated heterocycles. The van der Waals surface area contributed by atoms with Gasteiger partial charge in [0, 0.05) is 17.1 Å². The van der Waals surface area contributed by atoms with Crippen molar-refractivity contribution in [2.45, 2.75) is 6.61 Å². The molecular weight excluding hydrogens is 290 g/mol. The topological polar surface area (TPSA) is 65.7 Å². The molecule has 2 aromatic carbocycles. The average molecular weight is 303 g/mol. The highest BCUT2D eigenvalue weighted by molar-refractivity contribution is 5.81. The molecule has 0 radical (unpaired) electrons. The van der Waals surface area contributed by atoms with Crippen molar-refractivity contribution >= 4 is 10.9 Å². The van der Waals surface area contributed by atoms with Crippen molar-refractivity contribution in [3.8, 4) is 11.4 Å². The van der Waals surface area contributed by atoms with E-state index in [1.807, 2.05) is 54.6 Å². The van der Waals surface area contributed by atoms with Gasteiger partial charge in [0.1, 0.15) is 18.7 Å². The van der Waals surface area contributed by atoms with E-state index in [4.69, 9.17) is 4.74 Å². The maximum Gasteiger partial charge on any atom is 0.143 e.